The molecule has 2 heterocycles. The van der Waals surface area contributed by atoms with E-state index >= 15 is 0 Å². The second kappa shape index (κ2) is 2.46. The lowest BCUT2D eigenvalue weighted by Gasteiger charge is -2.58. The molecule has 0 bridgehead atoms. The van der Waals surface area contributed by atoms with Crippen molar-refractivity contribution in [2.75, 3.05) is 13.2 Å². The van der Waals surface area contributed by atoms with Crippen LogP contribution >= 0.6 is 0 Å². The van der Waals surface area contributed by atoms with Gasteiger partial charge in [0.25, 0.3) is 0 Å². The lowest BCUT2D eigenvalue weighted by atomic mass is 9.58. The van der Waals surface area contributed by atoms with Gasteiger partial charge >= 0.3 is 0 Å². The first-order chi connectivity index (χ1) is 5.91. The fraction of sp³-hybridized carbons (Fsp3) is 1.00. The molecule has 0 radical (unpaired) electrons. The Balaban J connectivity index is 1.68. The number of rotatable bonds is 1. The summed E-state index contributed by atoms with van der Waals surface area (Å²) in [6.07, 6.45) is 7.47. The van der Waals surface area contributed by atoms with Crippen LogP contribution in [0.25, 0.3) is 0 Å². The zero-order valence-corrected chi connectivity index (χ0v) is 7.51. The summed E-state index contributed by atoms with van der Waals surface area (Å²) in [6.45, 7) is 2.26. The van der Waals surface area contributed by atoms with Gasteiger partial charge in [0.2, 0.25) is 0 Å². The normalized spacial score (nSPS) is 44.0. The molecule has 68 valence electrons. The van der Waals surface area contributed by atoms with Crippen LogP contribution in [0.2, 0.25) is 0 Å². The molecule has 3 fully saturated rings. The maximum absolute atomic E-state index is 5.73. The van der Waals surface area contributed by atoms with Gasteiger partial charge in [0.15, 0.2) is 0 Å². The SMILES string of the molecule is C1CO[C@H]([C@@H]2NCC23CCC3)C1. The quantitative estimate of drug-likeness (QED) is 0.635. The third kappa shape index (κ3) is 0.826. The van der Waals surface area contributed by atoms with Gasteiger partial charge < -0.3 is 10.1 Å². The molecule has 2 saturated heterocycles. The molecule has 1 saturated carbocycles. The van der Waals surface area contributed by atoms with Crippen molar-refractivity contribution in [3.63, 3.8) is 0 Å². The monoisotopic (exact) mass is 167 g/mol. The third-order valence-electron chi connectivity index (χ3n) is 4.02. The number of nitrogens with one attached hydrogen (secondary N) is 1. The van der Waals surface area contributed by atoms with Crippen LogP contribution < -0.4 is 5.32 Å². The van der Waals surface area contributed by atoms with E-state index in [9.17, 15) is 0 Å². The Morgan fingerprint density at radius 2 is 2.17 bits per heavy atom. The van der Waals surface area contributed by atoms with Gasteiger partial charge in [0.05, 0.1) is 6.10 Å². The molecule has 12 heavy (non-hydrogen) atoms. The first kappa shape index (κ1) is 7.34. The summed E-state index contributed by atoms with van der Waals surface area (Å²) in [5.41, 5.74) is 0.689. The molecule has 3 rings (SSSR count). The van der Waals surface area contributed by atoms with E-state index in [4.69, 9.17) is 4.74 Å². The average Bonchev–Trinajstić information content (AvgIpc) is 2.33. The van der Waals surface area contributed by atoms with E-state index in [1.54, 1.807) is 0 Å². The van der Waals surface area contributed by atoms with Gasteiger partial charge in [0, 0.05) is 24.6 Å². The molecular formula is C10H17NO. The first-order valence-electron chi connectivity index (χ1n) is 5.26. The molecule has 2 atom stereocenters. The Morgan fingerprint density at radius 1 is 1.25 bits per heavy atom. The highest BCUT2D eigenvalue weighted by molar-refractivity contribution is 5.09. The average molecular weight is 167 g/mol. The van der Waals surface area contributed by atoms with Gasteiger partial charge in [-0.3, -0.25) is 0 Å². The molecule has 0 unspecified atom stereocenters. The fourth-order valence-corrected chi connectivity index (χ4v) is 3.02. The van der Waals surface area contributed by atoms with Gasteiger partial charge in [0.1, 0.15) is 0 Å². The molecule has 2 nitrogen and oxygen atoms in total. The van der Waals surface area contributed by atoms with Crippen LogP contribution in [0.4, 0.5) is 0 Å². The standard InChI is InChI=1S/C10H17NO/c1-3-8(12-6-1)9-10(7-11-9)4-2-5-10/h8-9,11H,1-7H2/t8-,9-/m0/s1. The van der Waals surface area contributed by atoms with E-state index in [2.05, 4.69) is 5.32 Å². The molecule has 0 amide bonds. The van der Waals surface area contributed by atoms with Gasteiger partial charge in [-0.25, -0.2) is 0 Å². The molecule has 1 N–H and O–H groups in total. The van der Waals surface area contributed by atoms with Crippen LogP contribution in [-0.2, 0) is 4.74 Å². The van der Waals surface area contributed by atoms with E-state index in [-0.39, 0.29) is 0 Å². The highest BCUT2D eigenvalue weighted by Gasteiger charge is 2.54. The van der Waals surface area contributed by atoms with Crippen molar-refractivity contribution < 1.29 is 4.74 Å². The lowest BCUT2D eigenvalue weighted by molar-refractivity contribution is -0.0751. The summed E-state index contributed by atoms with van der Waals surface area (Å²) >= 11 is 0. The highest BCUT2D eigenvalue weighted by Crippen LogP contribution is 2.50. The van der Waals surface area contributed by atoms with E-state index in [1.807, 2.05) is 0 Å². The van der Waals surface area contributed by atoms with Crippen LogP contribution in [0.1, 0.15) is 32.1 Å². The van der Waals surface area contributed by atoms with Gasteiger partial charge in [-0.1, -0.05) is 6.42 Å². The minimum absolute atomic E-state index is 0.555. The molecule has 0 aromatic carbocycles. The van der Waals surface area contributed by atoms with Crippen molar-refractivity contribution in [1.29, 1.82) is 0 Å². The van der Waals surface area contributed by atoms with Crippen molar-refractivity contribution in [2.24, 2.45) is 5.41 Å². The number of hydrogen-bond donors (Lipinski definition) is 1. The lowest BCUT2D eigenvalue weighted by Crippen LogP contribution is -2.69. The summed E-state index contributed by atoms with van der Waals surface area (Å²) in [7, 11) is 0. The fourth-order valence-electron chi connectivity index (χ4n) is 3.02. The van der Waals surface area contributed by atoms with Crippen molar-refractivity contribution in [1.82, 2.24) is 5.32 Å². The van der Waals surface area contributed by atoms with E-state index < -0.39 is 0 Å². The topological polar surface area (TPSA) is 21.3 Å². The summed E-state index contributed by atoms with van der Waals surface area (Å²) in [6, 6.07) is 0.716. The minimum Gasteiger partial charge on any atom is -0.377 e. The van der Waals surface area contributed by atoms with Crippen LogP contribution in [-0.4, -0.2) is 25.3 Å². The molecular weight excluding hydrogens is 150 g/mol. The third-order valence-corrected chi connectivity index (χ3v) is 4.02. The molecule has 0 aromatic heterocycles. The summed E-state index contributed by atoms with van der Waals surface area (Å²) in [5, 5.41) is 3.56. The van der Waals surface area contributed by atoms with Gasteiger partial charge in [-0.05, 0) is 25.7 Å². The zero-order chi connectivity index (χ0) is 8.02. The van der Waals surface area contributed by atoms with Crippen LogP contribution in [0.3, 0.4) is 0 Å². The Labute approximate surface area is 73.7 Å². The second-order valence-corrected chi connectivity index (χ2v) is 4.63. The van der Waals surface area contributed by atoms with Crippen molar-refractivity contribution in [3.8, 4) is 0 Å². The van der Waals surface area contributed by atoms with Crippen LogP contribution in [0.15, 0.2) is 0 Å². The van der Waals surface area contributed by atoms with Crippen molar-refractivity contribution in [3.05, 3.63) is 0 Å². The van der Waals surface area contributed by atoms with Crippen molar-refractivity contribution >= 4 is 0 Å². The maximum atomic E-state index is 5.73. The Bertz CT molecular complexity index is 177. The van der Waals surface area contributed by atoms with Gasteiger partial charge in [-0.2, -0.15) is 0 Å². The first-order valence-corrected chi connectivity index (χ1v) is 5.26. The minimum atomic E-state index is 0.555. The zero-order valence-electron chi connectivity index (χ0n) is 7.51. The molecule has 1 aliphatic carbocycles. The molecule has 2 aliphatic heterocycles. The summed E-state index contributed by atoms with van der Waals surface area (Å²) in [5.74, 6) is 0. The van der Waals surface area contributed by atoms with E-state index in [0.717, 1.165) is 6.61 Å². The summed E-state index contributed by atoms with van der Waals surface area (Å²) in [4.78, 5) is 0. The highest BCUT2D eigenvalue weighted by atomic mass is 16.5. The maximum Gasteiger partial charge on any atom is 0.0734 e. The molecule has 2 heteroatoms. The predicted molar refractivity (Wildman–Crippen MR) is 47.0 cm³/mol. The Hall–Kier alpha value is -0.0800. The van der Waals surface area contributed by atoms with E-state index in [0.29, 0.717) is 17.6 Å². The smallest absolute Gasteiger partial charge is 0.0734 e. The second-order valence-electron chi connectivity index (χ2n) is 4.63. The molecule has 1 spiro atoms. The van der Waals surface area contributed by atoms with Gasteiger partial charge in [-0.15, -0.1) is 0 Å². The Morgan fingerprint density at radius 3 is 2.58 bits per heavy atom. The molecule has 0 aromatic rings. The number of hydrogen-bond acceptors (Lipinski definition) is 2. The summed E-state index contributed by atoms with van der Waals surface area (Å²) < 4.78 is 5.73. The van der Waals surface area contributed by atoms with Crippen LogP contribution in [0, 0.1) is 5.41 Å². The van der Waals surface area contributed by atoms with E-state index in [1.165, 1.54) is 38.6 Å². The molecule has 3 aliphatic rings. The van der Waals surface area contributed by atoms with Crippen LogP contribution in [0.5, 0.6) is 0 Å². The number of ether oxygens (including phenoxy) is 1. The largest absolute Gasteiger partial charge is 0.377 e. The van der Waals surface area contributed by atoms with Crippen molar-refractivity contribution in [2.45, 2.75) is 44.2 Å². The Kier molecular flexibility index (Phi) is 1.50. The predicted octanol–water partition coefficient (Wildman–Crippen LogP) is 1.31.